The van der Waals surface area contributed by atoms with Crippen LogP contribution in [0.15, 0.2) is 0 Å². The third-order valence-corrected chi connectivity index (χ3v) is 5.64. The smallest absolute Gasteiger partial charge is 0.150 e. The van der Waals surface area contributed by atoms with E-state index < -0.39 is 9.84 Å². The van der Waals surface area contributed by atoms with E-state index in [1.54, 1.807) is 0 Å². The Morgan fingerprint density at radius 1 is 1.33 bits per heavy atom. The molecule has 18 heavy (non-hydrogen) atoms. The average Bonchev–Trinajstić information content (AvgIpc) is 2.88. The zero-order chi connectivity index (χ0) is 13.0. The van der Waals surface area contributed by atoms with Crippen LogP contribution < -0.4 is 5.32 Å². The van der Waals surface area contributed by atoms with Crippen molar-refractivity contribution in [3.63, 3.8) is 0 Å². The first kappa shape index (κ1) is 14.2. The summed E-state index contributed by atoms with van der Waals surface area (Å²) in [5.74, 6) is 0.867. The number of sulfone groups is 1. The second kappa shape index (κ2) is 6.32. The van der Waals surface area contributed by atoms with Crippen LogP contribution in [-0.2, 0) is 9.84 Å². The lowest BCUT2D eigenvalue weighted by atomic mass is 10.1. The molecule has 0 saturated carbocycles. The van der Waals surface area contributed by atoms with Gasteiger partial charge in [-0.05, 0) is 44.8 Å². The quantitative estimate of drug-likeness (QED) is 0.682. The van der Waals surface area contributed by atoms with Gasteiger partial charge in [-0.15, -0.1) is 0 Å². The molecule has 0 aromatic heterocycles. The van der Waals surface area contributed by atoms with E-state index in [9.17, 15) is 13.5 Å². The van der Waals surface area contributed by atoms with Crippen molar-refractivity contribution in [3.05, 3.63) is 0 Å². The third-order valence-electron chi connectivity index (χ3n) is 3.81. The number of nitrogens with one attached hydrogen (secondary N) is 1. The van der Waals surface area contributed by atoms with Crippen molar-refractivity contribution in [1.29, 1.82) is 0 Å². The number of hydrogen-bond donors (Lipinski definition) is 2. The molecule has 0 amide bonds. The molecule has 2 unspecified atom stereocenters. The Morgan fingerprint density at radius 2 is 2.06 bits per heavy atom. The van der Waals surface area contributed by atoms with E-state index in [2.05, 4.69) is 10.2 Å². The number of aliphatic hydroxyl groups excluding tert-OH is 1. The van der Waals surface area contributed by atoms with Crippen molar-refractivity contribution in [1.82, 2.24) is 10.2 Å². The topological polar surface area (TPSA) is 69.6 Å². The minimum absolute atomic E-state index is 0.231. The highest BCUT2D eigenvalue weighted by Crippen LogP contribution is 2.17. The van der Waals surface area contributed by atoms with E-state index in [-0.39, 0.29) is 12.0 Å². The molecule has 5 nitrogen and oxygen atoms in total. The first-order valence-corrected chi connectivity index (χ1v) is 8.69. The van der Waals surface area contributed by atoms with Crippen LogP contribution in [0, 0.1) is 5.92 Å². The molecule has 6 heteroatoms. The van der Waals surface area contributed by atoms with Gasteiger partial charge in [0, 0.05) is 13.1 Å². The predicted octanol–water partition coefficient (Wildman–Crippen LogP) is -0.533. The number of aliphatic hydroxyl groups is 1. The lowest BCUT2D eigenvalue weighted by molar-refractivity contribution is 0.122. The molecule has 0 bridgehead atoms. The van der Waals surface area contributed by atoms with Gasteiger partial charge in [-0.1, -0.05) is 0 Å². The van der Waals surface area contributed by atoms with Crippen molar-refractivity contribution in [2.75, 3.05) is 44.2 Å². The fraction of sp³-hybridized carbons (Fsp3) is 1.00. The molecule has 0 aliphatic carbocycles. The maximum atomic E-state index is 11.3. The fourth-order valence-electron chi connectivity index (χ4n) is 2.81. The number of β-amino-alcohol motifs (C(OH)–C–C–N with tert-alkyl or cyclic N) is 1. The number of likely N-dealkylation sites (tertiary alicyclic amines) is 1. The third kappa shape index (κ3) is 4.50. The maximum absolute atomic E-state index is 11.3. The van der Waals surface area contributed by atoms with E-state index in [0.29, 0.717) is 24.6 Å². The van der Waals surface area contributed by atoms with Crippen molar-refractivity contribution in [3.8, 4) is 0 Å². The van der Waals surface area contributed by atoms with E-state index in [1.165, 1.54) is 12.8 Å². The largest absolute Gasteiger partial charge is 0.390 e. The zero-order valence-corrected chi connectivity index (χ0v) is 11.7. The Balaban J connectivity index is 1.57. The molecular weight excluding hydrogens is 252 g/mol. The molecule has 2 aliphatic heterocycles. The minimum atomic E-state index is -2.78. The standard InChI is InChI=1S/C12H24N2O3S/c15-12(9-14-4-1-2-5-14)8-13-7-11-3-6-18(16,17)10-11/h11-13,15H,1-10H2. The summed E-state index contributed by atoms with van der Waals surface area (Å²) in [6, 6.07) is 0. The molecule has 2 rings (SSSR count). The minimum Gasteiger partial charge on any atom is -0.390 e. The summed E-state index contributed by atoms with van der Waals surface area (Å²) in [6.07, 6.45) is 2.89. The monoisotopic (exact) mass is 276 g/mol. The summed E-state index contributed by atoms with van der Waals surface area (Å²) in [6.45, 7) is 4.19. The van der Waals surface area contributed by atoms with Crippen LogP contribution in [0.2, 0.25) is 0 Å². The molecule has 2 fully saturated rings. The highest BCUT2D eigenvalue weighted by molar-refractivity contribution is 7.91. The Kier molecular flexibility index (Phi) is 5.00. The summed E-state index contributed by atoms with van der Waals surface area (Å²) in [5, 5.41) is 13.1. The summed E-state index contributed by atoms with van der Waals surface area (Å²) >= 11 is 0. The Bertz CT molecular complexity index is 352. The maximum Gasteiger partial charge on any atom is 0.150 e. The first-order valence-electron chi connectivity index (χ1n) is 6.87. The van der Waals surface area contributed by atoms with Crippen LogP contribution in [0.3, 0.4) is 0 Å². The van der Waals surface area contributed by atoms with E-state index in [1.807, 2.05) is 0 Å². The second-order valence-electron chi connectivity index (χ2n) is 5.59. The van der Waals surface area contributed by atoms with Crippen molar-refractivity contribution < 1.29 is 13.5 Å². The van der Waals surface area contributed by atoms with Gasteiger partial charge in [-0.2, -0.15) is 0 Å². The molecule has 2 saturated heterocycles. The zero-order valence-electron chi connectivity index (χ0n) is 10.8. The van der Waals surface area contributed by atoms with E-state index >= 15 is 0 Å². The molecular formula is C12H24N2O3S. The van der Waals surface area contributed by atoms with Gasteiger partial charge in [-0.3, -0.25) is 0 Å². The van der Waals surface area contributed by atoms with Gasteiger partial charge in [0.05, 0.1) is 17.6 Å². The average molecular weight is 276 g/mol. The van der Waals surface area contributed by atoms with Crippen molar-refractivity contribution in [2.24, 2.45) is 5.92 Å². The molecule has 106 valence electrons. The number of nitrogens with zero attached hydrogens (tertiary/aromatic N) is 1. The summed E-state index contributed by atoms with van der Waals surface area (Å²) < 4.78 is 22.6. The summed E-state index contributed by atoms with van der Waals surface area (Å²) in [7, 11) is -2.78. The first-order chi connectivity index (χ1) is 8.55. The number of hydrogen-bond acceptors (Lipinski definition) is 5. The van der Waals surface area contributed by atoms with Gasteiger partial charge >= 0.3 is 0 Å². The summed E-state index contributed by atoms with van der Waals surface area (Å²) in [5.41, 5.74) is 0. The van der Waals surface area contributed by atoms with Gasteiger partial charge in [0.2, 0.25) is 0 Å². The molecule has 2 atom stereocenters. The van der Waals surface area contributed by atoms with E-state index in [4.69, 9.17) is 0 Å². The normalized spacial score (nSPS) is 29.7. The summed E-state index contributed by atoms with van der Waals surface area (Å²) in [4.78, 5) is 2.28. The lowest BCUT2D eigenvalue weighted by Gasteiger charge is -2.20. The van der Waals surface area contributed by atoms with Crippen LogP contribution in [0.5, 0.6) is 0 Å². The number of rotatable bonds is 6. The molecule has 2 heterocycles. The van der Waals surface area contributed by atoms with Crippen LogP contribution in [0.4, 0.5) is 0 Å². The predicted molar refractivity (Wildman–Crippen MR) is 71.3 cm³/mol. The van der Waals surface area contributed by atoms with Crippen LogP contribution >= 0.6 is 0 Å². The van der Waals surface area contributed by atoms with Gasteiger partial charge in [0.15, 0.2) is 9.84 Å². The Hall–Kier alpha value is -0.170. The van der Waals surface area contributed by atoms with Gasteiger partial charge in [0.25, 0.3) is 0 Å². The van der Waals surface area contributed by atoms with Crippen LogP contribution in [0.25, 0.3) is 0 Å². The Morgan fingerprint density at radius 3 is 2.67 bits per heavy atom. The highest BCUT2D eigenvalue weighted by atomic mass is 32.2. The molecule has 0 spiro atoms. The lowest BCUT2D eigenvalue weighted by Crippen LogP contribution is -2.38. The van der Waals surface area contributed by atoms with Crippen LogP contribution in [0.1, 0.15) is 19.3 Å². The van der Waals surface area contributed by atoms with Gasteiger partial charge < -0.3 is 15.3 Å². The van der Waals surface area contributed by atoms with Gasteiger partial charge in [-0.25, -0.2) is 8.42 Å². The highest BCUT2D eigenvalue weighted by Gasteiger charge is 2.27. The molecule has 0 aromatic carbocycles. The van der Waals surface area contributed by atoms with Gasteiger partial charge in [0.1, 0.15) is 0 Å². The molecule has 2 N–H and O–H groups in total. The van der Waals surface area contributed by atoms with Crippen molar-refractivity contribution >= 4 is 9.84 Å². The second-order valence-corrected chi connectivity index (χ2v) is 7.82. The Labute approximate surface area is 109 Å². The SMILES string of the molecule is O=S1(=O)CCC(CNCC(O)CN2CCCC2)C1. The van der Waals surface area contributed by atoms with E-state index in [0.717, 1.165) is 26.1 Å². The van der Waals surface area contributed by atoms with Crippen molar-refractivity contribution in [2.45, 2.75) is 25.4 Å². The molecule has 2 aliphatic rings. The fourth-order valence-corrected chi connectivity index (χ4v) is 4.68. The molecule has 0 aromatic rings. The van der Waals surface area contributed by atoms with Crippen LogP contribution in [-0.4, -0.2) is 68.8 Å². The molecule has 0 radical (unpaired) electrons.